The number of carbonyl (C=O) groups is 1. The quantitative estimate of drug-likeness (QED) is 0.791. The maximum absolute atomic E-state index is 12.2. The number of carbonyl (C=O) groups excluding carboxylic acids is 1. The van der Waals surface area contributed by atoms with Crippen molar-refractivity contribution in [2.75, 3.05) is 26.3 Å². The average molecular weight is 282 g/mol. The zero-order chi connectivity index (χ0) is 14.8. The van der Waals surface area contributed by atoms with Crippen LogP contribution in [0.3, 0.4) is 0 Å². The average Bonchev–Trinajstić information content (AvgIpc) is 2.62. The standard InChI is InChI=1S/C14H22N2O4/c1-10-15-7-12(19-10)11-8-16(5-6-18-9-11)13(17)20-14(2,3)4/h7,11H,5-6,8-9H2,1-4H3/t11-/m1/s1. The molecule has 2 heterocycles. The molecule has 0 aliphatic carbocycles. The molecule has 1 aliphatic rings. The number of hydrogen-bond acceptors (Lipinski definition) is 5. The third-order valence-corrected chi connectivity index (χ3v) is 2.96. The smallest absolute Gasteiger partial charge is 0.410 e. The molecule has 2 rings (SSSR count). The summed E-state index contributed by atoms with van der Waals surface area (Å²) in [5.74, 6) is 1.36. The lowest BCUT2D eigenvalue weighted by atomic mass is 10.1. The molecule has 0 bridgehead atoms. The summed E-state index contributed by atoms with van der Waals surface area (Å²) in [6.07, 6.45) is 1.38. The number of aryl methyl sites for hydroxylation is 1. The van der Waals surface area contributed by atoms with Gasteiger partial charge in [-0.25, -0.2) is 9.78 Å². The number of nitrogens with zero attached hydrogens (tertiary/aromatic N) is 2. The van der Waals surface area contributed by atoms with Gasteiger partial charge in [0.1, 0.15) is 11.4 Å². The van der Waals surface area contributed by atoms with Crippen molar-refractivity contribution in [1.29, 1.82) is 0 Å². The Hall–Kier alpha value is -1.56. The first kappa shape index (κ1) is 14.8. The molecule has 0 aromatic carbocycles. The molecule has 6 heteroatoms. The van der Waals surface area contributed by atoms with Crippen LogP contribution in [0, 0.1) is 6.92 Å². The van der Waals surface area contributed by atoms with Crippen LogP contribution in [0.1, 0.15) is 38.3 Å². The van der Waals surface area contributed by atoms with Crippen LogP contribution in [0.4, 0.5) is 4.79 Å². The summed E-state index contributed by atoms with van der Waals surface area (Å²) in [5, 5.41) is 0. The Labute approximate surface area is 119 Å². The highest BCUT2D eigenvalue weighted by molar-refractivity contribution is 5.68. The summed E-state index contributed by atoms with van der Waals surface area (Å²) in [4.78, 5) is 17.9. The van der Waals surface area contributed by atoms with E-state index in [2.05, 4.69) is 4.98 Å². The number of amides is 1. The Morgan fingerprint density at radius 3 is 2.85 bits per heavy atom. The molecule has 0 N–H and O–H groups in total. The molecule has 6 nitrogen and oxygen atoms in total. The maximum Gasteiger partial charge on any atom is 0.410 e. The zero-order valence-electron chi connectivity index (χ0n) is 12.5. The Balaban J connectivity index is 2.05. The van der Waals surface area contributed by atoms with Gasteiger partial charge in [0.2, 0.25) is 0 Å². The van der Waals surface area contributed by atoms with Crippen molar-refractivity contribution in [3.8, 4) is 0 Å². The highest BCUT2D eigenvalue weighted by atomic mass is 16.6. The minimum atomic E-state index is -0.497. The van der Waals surface area contributed by atoms with E-state index in [0.29, 0.717) is 32.2 Å². The SMILES string of the molecule is Cc1ncc([C@H]2COCCN(C(=O)OC(C)(C)C)C2)o1. The van der Waals surface area contributed by atoms with Crippen LogP contribution in [0.25, 0.3) is 0 Å². The number of aromatic nitrogens is 1. The lowest BCUT2D eigenvalue weighted by molar-refractivity contribution is 0.0239. The minimum absolute atomic E-state index is 0.00813. The van der Waals surface area contributed by atoms with Crippen molar-refractivity contribution in [1.82, 2.24) is 9.88 Å². The molecule has 0 radical (unpaired) electrons. The van der Waals surface area contributed by atoms with Gasteiger partial charge in [-0.05, 0) is 20.8 Å². The van der Waals surface area contributed by atoms with Gasteiger partial charge in [-0.1, -0.05) is 0 Å². The van der Waals surface area contributed by atoms with E-state index in [1.165, 1.54) is 0 Å². The van der Waals surface area contributed by atoms with Gasteiger partial charge < -0.3 is 18.8 Å². The minimum Gasteiger partial charge on any atom is -0.446 e. The second-order valence-corrected chi connectivity index (χ2v) is 5.98. The summed E-state index contributed by atoms with van der Waals surface area (Å²) in [5.41, 5.74) is -0.497. The van der Waals surface area contributed by atoms with Crippen LogP contribution in [0.5, 0.6) is 0 Å². The largest absolute Gasteiger partial charge is 0.446 e. The molecule has 1 saturated heterocycles. The summed E-state index contributed by atoms with van der Waals surface area (Å²) < 4.78 is 16.5. The van der Waals surface area contributed by atoms with Crippen LogP contribution in [-0.2, 0) is 9.47 Å². The van der Waals surface area contributed by atoms with E-state index in [9.17, 15) is 4.79 Å². The first-order valence-electron chi connectivity index (χ1n) is 6.83. The van der Waals surface area contributed by atoms with Crippen molar-refractivity contribution in [3.05, 3.63) is 17.8 Å². The first-order valence-corrected chi connectivity index (χ1v) is 6.83. The molecule has 1 atom stereocenters. The second kappa shape index (κ2) is 5.83. The Morgan fingerprint density at radius 2 is 2.25 bits per heavy atom. The first-order chi connectivity index (χ1) is 9.35. The van der Waals surface area contributed by atoms with Crippen molar-refractivity contribution in [2.24, 2.45) is 0 Å². The van der Waals surface area contributed by atoms with Crippen LogP contribution < -0.4 is 0 Å². The number of hydrogen-bond donors (Lipinski definition) is 0. The van der Waals surface area contributed by atoms with Crippen LogP contribution >= 0.6 is 0 Å². The summed E-state index contributed by atoms with van der Waals surface area (Å²) in [7, 11) is 0. The molecular weight excluding hydrogens is 260 g/mol. The summed E-state index contributed by atoms with van der Waals surface area (Å²) in [6, 6.07) is 0. The lowest BCUT2D eigenvalue weighted by Crippen LogP contribution is -2.39. The highest BCUT2D eigenvalue weighted by Gasteiger charge is 2.28. The van der Waals surface area contributed by atoms with E-state index in [0.717, 1.165) is 5.76 Å². The van der Waals surface area contributed by atoms with Gasteiger partial charge in [-0.2, -0.15) is 0 Å². The Kier molecular flexibility index (Phi) is 4.32. The van der Waals surface area contributed by atoms with E-state index < -0.39 is 5.60 Å². The van der Waals surface area contributed by atoms with Crippen LogP contribution in [0.15, 0.2) is 10.6 Å². The molecule has 1 aliphatic heterocycles. The number of ether oxygens (including phenoxy) is 2. The monoisotopic (exact) mass is 282 g/mol. The van der Waals surface area contributed by atoms with Crippen molar-refractivity contribution in [2.45, 2.75) is 39.2 Å². The van der Waals surface area contributed by atoms with Gasteiger partial charge in [0.05, 0.1) is 25.3 Å². The number of oxazole rings is 1. The van der Waals surface area contributed by atoms with Gasteiger partial charge in [-0.15, -0.1) is 0 Å². The Bertz CT molecular complexity index is 464. The molecular formula is C14H22N2O4. The van der Waals surface area contributed by atoms with Gasteiger partial charge in [0.15, 0.2) is 5.89 Å². The Morgan fingerprint density at radius 1 is 1.50 bits per heavy atom. The van der Waals surface area contributed by atoms with Crippen LogP contribution in [-0.4, -0.2) is 47.9 Å². The third-order valence-electron chi connectivity index (χ3n) is 2.96. The van der Waals surface area contributed by atoms with Crippen molar-refractivity contribution < 1.29 is 18.7 Å². The maximum atomic E-state index is 12.2. The van der Waals surface area contributed by atoms with E-state index >= 15 is 0 Å². The molecule has 112 valence electrons. The topological polar surface area (TPSA) is 64.8 Å². The molecule has 1 amide bonds. The summed E-state index contributed by atoms with van der Waals surface area (Å²) >= 11 is 0. The van der Waals surface area contributed by atoms with Gasteiger partial charge >= 0.3 is 6.09 Å². The van der Waals surface area contributed by atoms with E-state index in [1.807, 2.05) is 20.8 Å². The predicted molar refractivity (Wildman–Crippen MR) is 72.6 cm³/mol. The van der Waals surface area contributed by atoms with E-state index in [4.69, 9.17) is 13.9 Å². The fourth-order valence-corrected chi connectivity index (χ4v) is 2.04. The number of rotatable bonds is 1. The molecule has 1 aromatic heterocycles. The van der Waals surface area contributed by atoms with E-state index in [1.54, 1.807) is 18.0 Å². The fourth-order valence-electron chi connectivity index (χ4n) is 2.04. The molecule has 20 heavy (non-hydrogen) atoms. The molecule has 1 aromatic rings. The summed E-state index contributed by atoms with van der Waals surface area (Å²) in [6.45, 7) is 9.44. The van der Waals surface area contributed by atoms with Crippen LogP contribution in [0.2, 0.25) is 0 Å². The lowest BCUT2D eigenvalue weighted by Gasteiger charge is -2.27. The zero-order valence-corrected chi connectivity index (χ0v) is 12.5. The van der Waals surface area contributed by atoms with Gasteiger partial charge in [0, 0.05) is 20.0 Å². The van der Waals surface area contributed by atoms with E-state index in [-0.39, 0.29) is 12.0 Å². The molecule has 1 fully saturated rings. The molecule has 0 unspecified atom stereocenters. The predicted octanol–water partition coefficient (Wildman–Crippen LogP) is 2.33. The normalized spacial score (nSPS) is 20.6. The highest BCUT2D eigenvalue weighted by Crippen LogP contribution is 2.22. The molecule has 0 saturated carbocycles. The van der Waals surface area contributed by atoms with Gasteiger partial charge in [-0.3, -0.25) is 0 Å². The fraction of sp³-hybridized carbons (Fsp3) is 0.714. The van der Waals surface area contributed by atoms with Crippen molar-refractivity contribution >= 4 is 6.09 Å². The third kappa shape index (κ3) is 3.96. The van der Waals surface area contributed by atoms with Gasteiger partial charge in [0.25, 0.3) is 0 Å². The van der Waals surface area contributed by atoms with Crippen molar-refractivity contribution in [3.63, 3.8) is 0 Å². The molecule has 0 spiro atoms. The second-order valence-electron chi connectivity index (χ2n) is 5.98.